The fraction of sp³-hybridized carbons (Fsp3) is 0.500. The molecule has 1 aromatic rings. The molecule has 2 rings (SSSR count). The summed E-state index contributed by atoms with van der Waals surface area (Å²) in [6.45, 7) is 2.26. The number of sulfonamides is 1. The van der Waals surface area contributed by atoms with E-state index in [9.17, 15) is 13.2 Å². The van der Waals surface area contributed by atoms with Crippen molar-refractivity contribution in [1.29, 1.82) is 0 Å². The summed E-state index contributed by atoms with van der Waals surface area (Å²) in [6, 6.07) is 4.60. The molecule has 1 fully saturated rings. The Kier molecular flexibility index (Phi) is 5.06. The topological polar surface area (TPSA) is 74.7 Å². The van der Waals surface area contributed by atoms with Gasteiger partial charge in [0.1, 0.15) is 0 Å². The lowest BCUT2D eigenvalue weighted by molar-refractivity contribution is -0.138. The number of carboxylic acids is 1. The maximum Gasteiger partial charge on any atom is 0.304 e. The van der Waals surface area contributed by atoms with E-state index in [1.165, 1.54) is 4.31 Å². The Labute approximate surface area is 133 Å². The molecule has 1 aliphatic heterocycles. The Morgan fingerprint density at radius 3 is 2.76 bits per heavy atom. The molecule has 1 unspecified atom stereocenters. The molecule has 1 aliphatic rings. The van der Waals surface area contributed by atoms with Gasteiger partial charge in [0.25, 0.3) is 0 Å². The van der Waals surface area contributed by atoms with E-state index in [1.807, 2.05) is 6.92 Å². The van der Waals surface area contributed by atoms with Crippen LogP contribution in [-0.4, -0.2) is 36.4 Å². The van der Waals surface area contributed by atoms with Crippen molar-refractivity contribution in [2.24, 2.45) is 0 Å². The summed E-state index contributed by atoms with van der Waals surface area (Å²) in [5.41, 5.74) is 0.960. The zero-order valence-corrected chi connectivity index (χ0v) is 14.2. The highest BCUT2D eigenvalue weighted by molar-refractivity contribution is 9.10. The van der Waals surface area contributed by atoms with E-state index in [1.54, 1.807) is 18.2 Å². The van der Waals surface area contributed by atoms with Crippen LogP contribution in [0.25, 0.3) is 0 Å². The van der Waals surface area contributed by atoms with Gasteiger partial charge in [-0.25, -0.2) is 8.42 Å². The number of carboxylic acid groups (broad SMARTS) is 1. The molecule has 0 saturated carbocycles. The number of halogens is 1. The minimum absolute atomic E-state index is 0.150. The van der Waals surface area contributed by atoms with Crippen molar-refractivity contribution >= 4 is 31.9 Å². The van der Waals surface area contributed by atoms with Crippen LogP contribution < -0.4 is 0 Å². The SMILES string of the molecule is Cc1ccc(S(=O)(=O)N2CCCCC2CC(=O)O)c(Br)c1. The third-order valence-corrected chi connectivity index (χ3v) is 6.59. The van der Waals surface area contributed by atoms with E-state index in [0.29, 0.717) is 17.4 Å². The first-order chi connectivity index (χ1) is 9.82. The first kappa shape index (κ1) is 16.5. The summed E-state index contributed by atoms with van der Waals surface area (Å²) in [5.74, 6) is -0.968. The van der Waals surface area contributed by atoms with Gasteiger partial charge in [0, 0.05) is 17.1 Å². The molecule has 0 aromatic heterocycles. The summed E-state index contributed by atoms with van der Waals surface area (Å²) in [5, 5.41) is 8.98. The van der Waals surface area contributed by atoms with Crippen molar-refractivity contribution in [2.75, 3.05) is 6.54 Å². The van der Waals surface area contributed by atoms with Crippen LogP contribution in [0.2, 0.25) is 0 Å². The van der Waals surface area contributed by atoms with Gasteiger partial charge < -0.3 is 5.11 Å². The number of benzene rings is 1. The third-order valence-electron chi connectivity index (χ3n) is 3.66. The molecule has 116 valence electrons. The van der Waals surface area contributed by atoms with Gasteiger partial charge >= 0.3 is 5.97 Å². The van der Waals surface area contributed by atoms with Crippen molar-refractivity contribution in [1.82, 2.24) is 4.31 Å². The average molecular weight is 376 g/mol. The summed E-state index contributed by atoms with van der Waals surface area (Å²) in [6.07, 6.45) is 2.07. The van der Waals surface area contributed by atoms with E-state index in [0.717, 1.165) is 18.4 Å². The highest BCUT2D eigenvalue weighted by atomic mass is 79.9. The zero-order valence-electron chi connectivity index (χ0n) is 11.8. The first-order valence-electron chi connectivity index (χ1n) is 6.82. The monoisotopic (exact) mass is 375 g/mol. The smallest absolute Gasteiger partial charge is 0.304 e. The number of rotatable bonds is 4. The number of aliphatic carboxylic acids is 1. The Hall–Kier alpha value is -0.920. The van der Waals surface area contributed by atoms with E-state index in [4.69, 9.17) is 5.11 Å². The van der Waals surface area contributed by atoms with Crippen molar-refractivity contribution in [2.45, 2.75) is 43.5 Å². The van der Waals surface area contributed by atoms with Crippen molar-refractivity contribution < 1.29 is 18.3 Å². The van der Waals surface area contributed by atoms with Crippen LogP contribution in [0.1, 0.15) is 31.2 Å². The lowest BCUT2D eigenvalue weighted by Crippen LogP contribution is -2.44. The third kappa shape index (κ3) is 3.64. The van der Waals surface area contributed by atoms with E-state index >= 15 is 0 Å². The number of aryl methyl sites for hydroxylation is 1. The Balaban J connectivity index is 2.38. The van der Waals surface area contributed by atoms with Gasteiger partial charge in [-0.1, -0.05) is 12.5 Å². The second kappa shape index (κ2) is 6.46. The molecule has 21 heavy (non-hydrogen) atoms. The molecule has 1 saturated heterocycles. The molecule has 1 aromatic carbocycles. The van der Waals surface area contributed by atoms with Crippen LogP contribution in [-0.2, 0) is 14.8 Å². The van der Waals surface area contributed by atoms with E-state index < -0.39 is 22.0 Å². The Morgan fingerprint density at radius 1 is 1.43 bits per heavy atom. The predicted molar refractivity (Wildman–Crippen MR) is 82.7 cm³/mol. The van der Waals surface area contributed by atoms with Gasteiger partial charge in [-0.2, -0.15) is 4.31 Å². The summed E-state index contributed by atoms with van der Waals surface area (Å²) >= 11 is 3.30. The molecule has 0 spiro atoms. The maximum atomic E-state index is 12.8. The molecule has 0 radical (unpaired) electrons. The van der Waals surface area contributed by atoms with Crippen LogP contribution in [0.15, 0.2) is 27.6 Å². The molecular formula is C14H18BrNO4S. The fourth-order valence-corrected chi connectivity index (χ4v) is 5.48. The molecule has 5 nitrogen and oxygen atoms in total. The van der Waals surface area contributed by atoms with Gasteiger partial charge in [-0.15, -0.1) is 0 Å². The number of carbonyl (C=O) groups is 1. The van der Waals surface area contributed by atoms with E-state index in [2.05, 4.69) is 15.9 Å². The van der Waals surface area contributed by atoms with Gasteiger partial charge in [0.05, 0.1) is 11.3 Å². The number of nitrogens with zero attached hydrogens (tertiary/aromatic N) is 1. The van der Waals surface area contributed by atoms with Crippen LogP contribution in [0, 0.1) is 6.92 Å². The highest BCUT2D eigenvalue weighted by Gasteiger charge is 2.35. The first-order valence-corrected chi connectivity index (χ1v) is 9.05. The fourth-order valence-electron chi connectivity index (χ4n) is 2.64. The minimum Gasteiger partial charge on any atom is -0.481 e. The predicted octanol–water partition coefficient (Wildman–Crippen LogP) is 2.78. The zero-order chi connectivity index (χ0) is 15.6. The Bertz CT molecular complexity index is 644. The second-order valence-electron chi connectivity index (χ2n) is 5.30. The summed E-state index contributed by atoms with van der Waals surface area (Å²) in [4.78, 5) is 11.2. The Morgan fingerprint density at radius 2 is 2.14 bits per heavy atom. The quantitative estimate of drug-likeness (QED) is 0.877. The van der Waals surface area contributed by atoms with E-state index in [-0.39, 0.29) is 11.3 Å². The summed E-state index contributed by atoms with van der Waals surface area (Å²) in [7, 11) is -3.68. The summed E-state index contributed by atoms with van der Waals surface area (Å²) < 4.78 is 27.5. The lowest BCUT2D eigenvalue weighted by atomic mass is 10.0. The van der Waals surface area contributed by atoms with Gasteiger partial charge in [0.2, 0.25) is 10.0 Å². The molecular weight excluding hydrogens is 358 g/mol. The molecule has 1 heterocycles. The number of hydrogen-bond donors (Lipinski definition) is 1. The molecule has 0 aliphatic carbocycles. The van der Waals surface area contributed by atoms with Crippen LogP contribution in [0.4, 0.5) is 0 Å². The standard InChI is InChI=1S/C14H18BrNO4S/c1-10-5-6-13(12(15)8-10)21(19,20)16-7-3-2-4-11(16)9-14(17)18/h5-6,8,11H,2-4,7,9H2,1H3,(H,17,18). The molecule has 7 heteroatoms. The molecule has 1 N–H and O–H groups in total. The van der Waals surface area contributed by atoms with Crippen molar-refractivity contribution in [3.63, 3.8) is 0 Å². The molecule has 0 amide bonds. The average Bonchev–Trinajstić information content (AvgIpc) is 2.37. The largest absolute Gasteiger partial charge is 0.481 e. The maximum absolute atomic E-state index is 12.8. The van der Waals surface area contributed by atoms with Crippen LogP contribution in [0.5, 0.6) is 0 Å². The van der Waals surface area contributed by atoms with Crippen LogP contribution >= 0.6 is 15.9 Å². The minimum atomic E-state index is -3.68. The van der Waals surface area contributed by atoms with Crippen molar-refractivity contribution in [3.8, 4) is 0 Å². The molecule has 1 atom stereocenters. The highest BCUT2D eigenvalue weighted by Crippen LogP contribution is 2.31. The molecule has 0 bridgehead atoms. The number of piperidine rings is 1. The number of hydrogen-bond acceptors (Lipinski definition) is 3. The van der Waals surface area contributed by atoms with Gasteiger partial charge in [0.15, 0.2) is 0 Å². The van der Waals surface area contributed by atoms with Crippen molar-refractivity contribution in [3.05, 3.63) is 28.2 Å². The van der Waals surface area contributed by atoms with Crippen LogP contribution in [0.3, 0.4) is 0 Å². The van der Waals surface area contributed by atoms with Gasteiger partial charge in [-0.3, -0.25) is 4.79 Å². The lowest BCUT2D eigenvalue weighted by Gasteiger charge is -2.34. The normalized spacial score (nSPS) is 20.4. The second-order valence-corrected chi connectivity index (χ2v) is 8.01. The van der Waals surface area contributed by atoms with Gasteiger partial charge in [-0.05, 0) is 53.4 Å².